The summed E-state index contributed by atoms with van der Waals surface area (Å²) in [6.07, 6.45) is 0.606. The molecule has 236 valence electrons. The zero-order valence-corrected chi connectivity index (χ0v) is 25.6. The normalized spacial score (nSPS) is 14.1. The van der Waals surface area contributed by atoms with Crippen molar-refractivity contribution in [1.29, 1.82) is 0 Å². The Bertz CT molecular complexity index is 1540. The quantitative estimate of drug-likeness (QED) is 0.144. The van der Waals surface area contributed by atoms with Gasteiger partial charge in [-0.2, -0.15) is 4.98 Å². The monoisotopic (exact) mass is 615 g/mol. The number of amides is 1. The number of rotatable bonds is 12. The molecule has 1 fully saturated rings. The van der Waals surface area contributed by atoms with E-state index in [1.807, 2.05) is 75.4 Å². The van der Waals surface area contributed by atoms with E-state index in [1.165, 1.54) is 0 Å². The molecule has 4 aromatic rings. The topological polar surface area (TPSA) is 131 Å². The zero-order chi connectivity index (χ0) is 31.6. The van der Waals surface area contributed by atoms with Crippen molar-refractivity contribution in [3.63, 3.8) is 0 Å². The molecule has 0 aliphatic carbocycles. The molecule has 5 rings (SSSR count). The highest BCUT2D eigenvalue weighted by Crippen LogP contribution is 2.27. The maximum Gasteiger partial charge on any atom is 0.408 e. The van der Waals surface area contributed by atoms with Crippen molar-refractivity contribution in [3.8, 4) is 17.1 Å². The van der Waals surface area contributed by atoms with Crippen LogP contribution < -0.4 is 10.1 Å². The first-order valence-electron chi connectivity index (χ1n) is 14.8. The Morgan fingerprint density at radius 3 is 2.42 bits per heavy atom. The fourth-order valence-corrected chi connectivity index (χ4v) is 4.62. The minimum atomic E-state index is -0.631. The van der Waals surface area contributed by atoms with E-state index < -0.39 is 23.7 Å². The van der Waals surface area contributed by atoms with Gasteiger partial charge < -0.3 is 33.5 Å². The predicted octanol–water partition coefficient (Wildman–Crippen LogP) is 6.24. The number of carbonyl (C=O) groups excluding carboxylic acids is 2. The number of benzene rings is 3. The molecule has 1 atom stereocenters. The Balaban J connectivity index is 1.17. The van der Waals surface area contributed by atoms with Gasteiger partial charge in [0, 0.05) is 12.0 Å². The molecule has 1 N–H and O–H groups in total. The zero-order valence-electron chi connectivity index (χ0n) is 25.6. The van der Waals surface area contributed by atoms with Crippen molar-refractivity contribution in [2.45, 2.75) is 58.2 Å². The second-order valence-corrected chi connectivity index (χ2v) is 11.4. The van der Waals surface area contributed by atoms with Gasteiger partial charge in [-0.1, -0.05) is 59.8 Å². The summed E-state index contributed by atoms with van der Waals surface area (Å²) in [5.74, 6) is 0.797. The van der Waals surface area contributed by atoms with E-state index in [2.05, 4.69) is 15.5 Å². The Morgan fingerprint density at radius 2 is 1.69 bits per heavy atom. The molecule has 1 aliphatic rings. The number of nitrogens with zero attached hydrogens (tertiary/aromatic N) is 2. The van der Waals surface area contributed by atoms with Gasteiger partial charge in [-0.3, -0.25) is 0 Å². The molecule has 1 saturated heterocycles. The molecule has 1 unspecified atom stereocenters. The summed E-state index contributed by atoms with van der Waals surface area (Å²) in [5.41, 5.74) is 2.18. The van der Waals surface area contributed by atoms with Gasteiger partial charge in [0.15, 0.2) is 12.9 Å². The van der Waals surface area contributed by atoms with Crippen LogP contribution in [0.1, 0.15) is 67.0 Å². The number of nitrogens with one attached hydrogen (secondary N) is 1. The summed E-state index contributed by atoms with van der Waals surface area (Å²) in [5, 5.41) is 7.02. The minimum Gasteiger partial charge on any atom is -0.484 e. The SMILES string of the molecule is CC(C)(C)OC(=O)NC(c1ccccc1)c1cccc(OCc2nc(-c3ccc(C(=O)OCCCC4OCCO4)cc3)no2)c1. The second-order valence-electron chi connectivity index (χ2n) is 11.4. The minimum absolute atomic E-state index is 0.0350. The van der Waals surface area contributed by atoms with E-state index in [9.17, 15) is 9.59 Å². The number of ether oxygens (including phenoxy) is 5. The smallest absolute Gasteiger partial charge is 0.408 e. The van der Waals surface area contributed by atoms with Crippen LogP contribution in [0.4, 0.5) is 4.79 Å². The summed E-state index contributed by atoms with van der Waals surface area (Å²) in [4.78, 5) is 29.5. The van der Waals surface area contributed by atoms with Gasteiger partial charge in [-0.15, -0.1) is 0 Å². The van der Waals surface area contributed by atoms with Gasteiger partial charge in [0.05, 0.1) is 31.4 Å². The fourth-order valence-electron chi connectivity index (χ4n) is 4.62. The molecule has 2 heterocycles. The van der Waals surface area contributed by atoms with Crippen LogP contribution in [0.15, 0.2) is 83.4 Å². The third kappa shape index (κ3) is 9.37. The molecule has 0 spiro atoms. The highest BCUT2D eigenvalue weighted by Gasteiger charge is 2.22. The predicted molar refractivity (Wildman–Crippen MR) is 163 cm³/mol. The number of carbonyl (C=O) groups is 2. The number of esters is 1. The maximum atomic E-state index is 12.7. The fraction of sp³-hybridized carbons (Fsp3) is 0.353. The molecule has 1 aromatic heterocycles. The lowest BCUT2D eigenvalue weighted by Gasteiger charge is -2.24. The lowest BCUT2D eigenvalue weighted by Crippen LogP contribution is -2.35. The molecule has 3 aromatic carbocycles. The molecule has 1 aliphatic heterocycles. The largest absolute Gasteiger partial charge is 0.484 e. The third-order valence-electron chi connectivity index (χ3n) is 6.70. The number of aromatic nitrogens is 2. The molecule has 11 heteroatoms. The van der Waals surface area contributed by atoms with Crippen LogP contribution in [0.2, 0.25) is 0 Å². The van der Waals surface area contributed by atoms with Gasteiger partial charge in [0.1, 0.15) is 11.4 Å². The average Bonchev–Trinajstić information content (AvgIpc) is 3.73. The van der Waals surface area contributed by atoms with Crippen LogP contribution in [0.3, 0.4) is 0 Å². The Labute approximate surface area is 261 Å². The van der Waals surface area contributed by atoms with Crippen molar-refractivity contribution in [2.24, 2.45) is 0 Å². The first kappa shape index (κ1) is 31.7. The van der Waals surface area contributed by atoms with Gasteiger partial charge in [-0.05, 0) is 62.6 Å². The molecule has 0 saturated carbocycles. The molecule has 0 radical (unpaired) electrons. The van der Waals surface area contributed by atoms with Crippen molar-refractivity contribution < 1.29 is 37.8 Å². The Kier molecular flexibility index (Phi) is 10.4. The van der Waals surface area contributed by atoms with Crippen molar-refractivity contribution in [1.82, 2.24) is 15.5 Å². The van der Waals surface area contributed by atoms with E-state index in [0.717, 1.165) is 11.1 Å². The standard InChI is InChI=1S/C34H37N3O8/c1-34(2,3)44-33(39)36-30(23-9-5-4-6-10-23)26-11-7-12-27(21-26)43-22-28-35-31(37-45-28)24-14-16-25(17-15-24)32(38)42-18-8-13-29-40-19-20-41-29/h4-7,9-12,14-17,21,29-30H,8,13,18-20,22H2,1-3H3,(H,36,39). The van der Waals surface area contributed by atoms with Crippen molar-refractivity contribution in [2.75, 3.05) is 19.8 Å². The van der Waals surface area contributed by atoms with Crippen molar-refractivity contribution in [3.05, 3.63) is 101 Å². The molecule has 45 heavy (non-hydrogen) atoms. The van der Waals surface area contributed by atoms with Crippen LogP contribution in [0, 0.1) is 0 Å². The lowest BCUT2D eigenvalue weighted by atomic mass is 9.98. The van der Waals surface area contributed by atoms with Crippen LogP contribution in [-0.2, 0) is 25.6 Å². The van der Waals surface area contributed by atoms with Crippen LogP contribution in [0.5, 0.6) is 5.75 Å². The summed E-state index contributed by atoms with van der Waals surface area (Å²) in [6.45, 7) is 6.98. The van der Waals surface area contributed by atoms with Crippen LogP contribution in [-0.4, -0.2) is 53.9 Å². The average molecular weight is 616 g/mol. The van der Waals surface area contributed by atoms with E-state index in [-0.39, 0.29) is 25.4 Å². The molecular weight excluding hydrogens is 578 g/mol. The summed E-state index contributed by atoms with van der Waals surface area (Å²) in [6, 6.07) is 23.4. The van der Waals surface area contributed by atoms with Gasteiger partial charge >= 0.3 is 12.1 Å². The van der Waals surface area contributed by atoms with E-state index in [4.69, 9.17) is 28.2 Å². The lowest BCUT2D eigenvalue weighted by molar-refractivity contribution is -0.0505. The first-order valence-corrected chi connectivity index (χ1v) is 14.8. The number of hydrogen-bond donors (Lipinski definition) is 1. The van der Waals surface area contributed by atoms with E-state index >= 15 is 0 Å². The summed E-state index contributed by atoms with van der Waals surface area (Å²) in [7, 11) is 0. The molecular formula is C34H37N3O8. The summed E-state index contributed by atoms with van der Waals surface area (Å²) < 4.78 is 33.0. The molecule has 0 bridgehead atoms. The Morgan fingerprint density at radius 1 is 0.956 bits per heavy atom. The van der Waals surface area contributed by atoms with Crippen LogP contribution >= 0.6 is 0 Å². The van der Waals surface area contributed by atoms with E-state index in [1.54, 1.807) is 24.3 Å². The summed E-state index contributed by atoms with van der Waals surface area (Å²) >= 11 is 0. The number of alkyl carbamates (subject to hydrolysis) is 1. The van der Waals surface area contributed by atoms with Gasteiger partial charge in [0.2, 0.25) is 5.82 Å². The Hall–Kier alpha value is -4.74. The van der Waals surface area contributed by atoms with E-state index in [0.29, 0.717) is 48.8 Å². The highest BCUT2D eigenvalue weighted by atomic mass is 16.7. The maximum absolute atomic E-state index is 12.7. The first-order chi connectivity index (χ1) is 21.7. The third-order valence-corrected chi connectivity index (χ3v) is 6.70. The molecule has 11 nitrogen and oxygen atoms in total. The van der Waals surface area contributed by atoms with Crippen molar-refractivity contribution >= 4 is 12.1 Å². The second kappa shape index (κ2) is 14.8. The van der Waals surface area contributed by atoms with Gasteiger partial charge in [-0.25, -0.2) is 9.59 Å². The van der Waals surface area contributed by atoms with Crippen LogP contribution in [0.25, 0.3) is 11.4 Å². The number of hydrogen-bond acceptors (Lipinski definition) is 10. The highest BCUT2D eigenvalue weighted by molar-refractivity contribution is 5.89. The van der Waals surface area contributed by atoms with Gasteiger partial charge in [0.25, 0.3) is 5.89 Å². The molecule has 1 amide bonds.